The third-order valence-corrected chi connectivity index (χ3v) is 2.96. The van der Waals surface area contributed by atoms with Crippen LogP contribution in [0.4, 0.5) is 0 Å². The Labute approximate surface area is 122 Å². The highest BCUT2D eigenvalue weighted by atomic mass is 35.5. The molecule has 5 heteroatoms. The molecular formula is C15H16ClNO3. The van der Waals surface area contributed by atoms with E-state index in [1.165, 1.54) is 0 Å². The molecule has 1 aromatic heterocycles. The van der Waals surface area contributed by atoms with Crippen LogP contribution in [0, 0.1) is 6.92 Å². The summed E-state index contributed by atoms with van der Waals surface area (Å²) in [6.45, 7) is 4.61. The van der Waals surface area contributed by atoms with Gasteiger partial charge in [-0.05, 0) is 49.7 Å². The fraction of sp³-hybridized carbons (Fsp3) is 0.267. The van der Waals surface area contributed by atoms with Gasteiger partial charge in [0.25, 0.3) is 5.91 Å². The van der Waals surface area contributed by atoms with E-state index >= 15 is 0 Å². The van der Waals surface area contributed by atoms with E-state index in [4.69, 9.17) is 20.8 Å². The highest BCUT2D eigenvalue weighted by molar-refractivity contribution is 6.30. The predicted molar refractivity (Wildman–Crippen MR) is 77.2 cm³/mol. The van der Waals surface area contributed by atoms with Gasteiger partial charge >= 0.3 is 0 Å². The van der Waals surface area contributed by atoms with Crippen LogP contribution in [-0.4, -0.2) is 12.5 Å². The molecule has 0 saturated carbocycles. The summed E-state index contributed by atoms with van der Waals surface area (Å²) in [6, 6.07) is 8.78. The first-order chi connectivity index (χ1) is 9.60. The van der Waals surface area contributed by atoms with Crippen LogP contribution in [0.3, 0.4) is 0 Å². The monoisotopic (exact) mass is 293 g/mol. The number of benzene rings is 1. The Morgan fingerprint density at radius 3 is 2.85 bits per heavy atom. The second-order valence-electron chi connectivity index (χ2n) is 4.32. The molecule has 0 radical (unpaired) electrons. The molecule has 1 amide bonds. The quantitative estimate of drug-likeness (QED) is 0.917. The summed E-state index contributed by atoms with van der Waals surface area (Å²) in [5.74, 6) is 1.41. The lowest BCUT2D eigenvalue weighted by molar-refractivity contribution is 0.0924. The molecule has 2 aromatic rings. The van der Waals surface area contributed by atoms with Gasteiger partial charge in [0.05, 0.1) is 0 Å². The van der Waals surface area contributed by atoms with E-state index in [9.17, 15) is 4.79 Å². The van der Waals surface area contributed by atoms with Gasteiger partial charge in [-0.2, -0.15) is 0 Å². The van der Waals surface area contributed by atoms with Crippen molar-refractivity contribution in [1.29, 1.82) is 0 Å². The van der Waals surface area contributed by atoms with Crippen molar-refractivity contribution in [3.05, 3.63) is 52.4 Å². The molecule has 0 unspecified atom stereocenters. The van der Waals surface area contributed by atoms with Crippen molar-refractivity contribution in [2.24, 2.45) is 0 Å². The minimum absolute atomic E-state index is 0.221. The molecule has 0 aliphatic rings. The third-order valence-electron chi connectivity index (χ3n) is 2.73. The van der Waals surface area contributed by atoms with Gasteiger partial charge in [0.2, 0.25) is 0 Å². The SMILES string of the molecule is CCNC(=O)c1ccc(COc2ccc(Cl)cc2C)o1. The minimum Gasteiger partial charge on any atom is -0.485 e. The van der Waals surface area contributed by atoms with E-state index in [1.807, 2.05) is 26.0 Å². The lowest BCUT2D eigenvalue weighted by Crippen LogP contribution is -2.21. The predicted octanol–water partition coefficient (Wildman–Crippen LogP) is 3.57. The Kier molecular flexibility index (Phi) is 4.69. The fourth-order valence-corrected chi connectivity index (χ4v) is 1.98. The molecule has 0 bridgehead atoms. The molecule has 2 rings (SSSR count). The van der Waals surface area contributed by atoms with E-state index < -0.39 is 0 Å². The van der Waals surface area contributed by atoms with Crippen LogP contribution >= 0.6 is 11.6 Å². The van der Waals surface area contributed by atoms with Crippen LogP contribution in [0.25, 0.3) is 0 Å². The molecule has 1 heterocycles. The molecule has 0 aliphatic heterocycles. The van der Waals surface area contributed by atoms with E-state index in [2.05, 4.69) is 5.32 Å². The van der Waals surface area contributed by atoms with Gasteiger partial charge in [0.1, 0.15) is 18.1 Å². The Bertz CT molecular complexity index is 607. The molecule has 0 aliphatic carbocycles. The Morgan fingerprint density at radius 2 is 2.15 bits per heavy atom. The minimum atomic E-state index is -0.221. The van der Waals surface area contributed by atoms with Crippen molar-refractivity contribution < 1.29 is 13.9 Å². The summed E-state index contributed by atoms with van der Waals surface area (Å²) in [7, 11) is 0. The first-order valence-electron chi connectivity index (χ1n) is 6.36. The van der Waals surface area contributed by atoms with Crippen LogP contribution < -0.4 is 10.1 Å². The Morgan fingerprint density at radius 1 is 1.35 bits per heavy atom. The van der Waals surface area contributed by atoms with Crippen molar-refractivity contribution in [2.45, 2.75) is 20.5 Å². The maximum Gasteiger partial charge on any atom is 0.286 e. The molecule has 1 aromatic carbocycles. The van der Waals surface area contributed by atoms with Crippen molar-refractivity contribution in [3.8, 4) is 5.75 Å². The lowest BCUT2D eigenvalue weighted by atomic mass is 10.2. The standard InChI is InChI=1S/C15H16ClNO3/c1-3-17-15(18)14-7-5-12(20-14)9-19-13-6-4-11(16)8-10(13)2/h4-8H,3,9H2,1-2H3,(H,17,18). The molecule has 0 fully saturated rings. The molecule has 106 valence electrons. The number of halogens is 1. The maximum atomic E-state index is 11.6. The van der Waals surface area contributed by atoms with Crippen LogP contribution in [-0.2, 0) is 6.61 Å². The highest BCUT2D eigenvalue weighted by Gasteiger charge is 2.10. The van der Waals surface area contributed by atoms with Gasteiger partial charge in [0.15, 0.2) is 5.76 Å². The lowest BCUT2D eigenvalue weighted by Gasteiger charge is -2.07. The van der Waals surface area contributed by atoms with Crippen molar-refractivity contribution >= 4 is 17.5 Å². The number of ether oxygens (including phenoxy) is 1. The topological polar surface area (TPSA) is 51.5 Å². The first kappa shape index (κ1) is 14.5. The molecule has 0 atom stereocenters. The van der Waals surface area contributed by atoms with Crippen LogP contribution in [0.5, 0.6) is 5.75 Å². The average molecular weight is 294 g/mol. The van der Waals surface area contributed by atoms with Crippen molar-refractivity contribution in [1.82, 2.24) is 5.32 Å². The number of nitrogens with one attached hydrogen (secondary N) is 1. The van der Waals surface area contributed by atoms with E-state index in [0.29, 0.717) is 23.1 Å². The van der Waals surface area contributed by atoms with Gasteiger partial charge in [-0.3, -0.25) is 4.79 Å². The molecule has 20 heavy (non-hydrogen) atoms. The number of carbonyl (C=O) groups excluding carboxylic acids is 1. The summed E-state index contributed by atoms with van der Waals surface area (Å²) in [5.41, 5.74) is 0.952. The summed E-state index contributed by atoms with van der Waals surface area (Å²) < 4.78 is 11.1. The summed E-state index contributed by atoms with van der Waals surface area (Å²) in [5, 5.41) is 3.35. The maximum absolute atomic E-state index is 11.6. The van der Waals surface area contributed by atoms with Crippen LogP contribution in [0.1, 0.15) is 28.8 Å². The Balaban J connectivity index is 1.99. The van der Waals surface area contributed by atoms with E-state index in [-0.39, 0.29) is 12.5 Å². The molecule has 0 spiro atoms. The number of hydrogen-bond donors (Lipinski definition) is 1. The normalized spacial score (nSPS) is 10.3. The number of furan rings is 1. The fourth-order valence-electron chi connectivity index (χ4n) is 1.75. The average Bonchev–Trinajstić information content (AvgIpc) is 2.87. The Hall–Kier alpha value is -1.94. The highest BCUT2D eigenvalue weighted by Crippen LogP contribution is 2.23. The largest absolute Gasteiger partial charge is 0.485 e. The van der Waals surface area contributed by atoms with Crippen LogP contribution in [0.15, 0.2) is 34.7 Å². The molecular weight excluding hydrogens is 278 g/mol. The zero-order valence-corrected chi connectivity index (χ0v) is 12.2. The zero-order valence-electron chi connectivity index (χ0n) is 11.4. The summed E-state index contributed by atoms with van der Waals surface area (Å²) in [4.78, 5) is 11.6. The first-order valence-corrected chi connectivity index (χ1v) is 6.74. The van der Waals surface area contributed by atoms with Crippen molar-refractivity contribution in [2.75, 3.05) is 6.54 Å². The summed E-state index contributed by atoms with van der Waals surface area (Å²) >= 11 is 5.88. The molecule has 4 nitrogen and oxygen atoms in total. The number of rotatable bonds is 5. The van der Waals surface area contributed by atoms with E-state index in [0.717, 1.165) is 11.3 Å². The van der Waals surface area contributed by atoms with Gasteiger partial charge < -0.3 is 14.5 Å². The number of hydrogen-bond acceptors (Lipinski definition) is 3. The molecule has 1 N–H and O–H groups in total. The van der Waals surface area contributed by atoms with Crippen LogP contribution in [0.2, 0.25) is 5.02 Å². The van der Waals surface area contributed by atoms with E-state index in [1.54, 1.807) is 18.2 Å². The van der Waals surface area contributed by atoms with Gasteiger partial charge in [0, 0.05) is 11.6 Å². The zero-order chi connectivity index (χ0) is 14.5. The number of amides is 1. The van der Waals surface area contributed by atoms with Crippen molar-refractivity contribution in [3.63, 3.8) is 0 Å². The van der Waals surface area contributed by atoms with Gasteiger partial charge in [-0.1, -0.05) is 11.6 Å². The second kappa shape index (κ2) is 6.48. The number of carbonyl (C=O) groups is 1. The van der Waals surface area contributed by atoms with Gasteiger partial charge in [-0.15, -0.1) is 0 Å². The second-order valence-corrected chi connectivity index (χ2v) is 4.76. The smallest absolute Gasteiger partial charge is 0.286 e. The number of aryl methyl sites for hydroxylation is 1. The van der Waals surface area contributed by atoms with Gasteiger partial charge in [-0.25, -0.2) is 0 Å². The molecule has 0 saturated heterocycles. The summed E-state index contributed by atoms with van der Waals surface area (Å²) in [6.07, 6.45) is 0. The third kappa shape index (κ3) is 3.54.